The fourth-order valence-corrected chi connectivity index (χ4v) is 3.42. The van der Waals surface area contributed by atoms with Crippen molar-refractivity contribution in [3.05, 3.63) is 60.1 Å². The van der Waals surface area contributed by atoms with E-state index in [0.29, 0.717) is 24.7 Å². The van der Waals surface area contributed by atoms with E-state index in [-0.39, 0.29) is 18.2 Å². The number of piperidine rings is 1. The first-order valence-electron chi connectivity index (χ1n) is 9.57. The second-order valence-electron chi connectivity index (χ2n) is 6.93. The van der Waals surface area contributed by atoms with E-state index < -0.39 is 0 Å². The lowest BCUT2D eigenvalue weighted by Gasteiger charge is -2.36. The summed E-state index contributed by atoms with van der Waals surface area (Å²) in [5, 5.41) is 5.75. The zero-order valence-corrected chi connectivity index (χ0v) is 15.5. The quantitative estimate of drug-likeness (QED) is 0.750. The normalized spacial score (nSPS) is 17.4. The molecule has 1 atom stereocenters. The van der Waals surface area contributed by atoms with E-state index in [9.17, 15) is 9.59 Å². The third-order valence-corrected chi connectivity index (χ3v) is 4.93. The van der Waals surface area contributed by atoms with Crippen molar-refractivity contribution < 1.29 is 14.0 Å². The van der Waals surface area contributed by atoms with Gasteiger partial charge in [0.05, 0.1) is 11.8 Å². The number of nitrogens with one attached hydrogen (secondary N) is 2. The van der Waals surface area contributed by atoms with Crippen molar-refractivity contribution in [2.24, 2.45) is 0 Å². The van der Waals surface area contributed by atoms with Crippen molar-refractivity contribution in [3.63, 3.8) is 0 Å². The highest BCUT2D eigenvalue weighted by Crippen LogP contribution is 2.19. The number of nitrogens with zero attached hydrogens (tertiary/aromatic N) is 1. The third kappa shape index (κ3) is 5.96. The number of hydrogen-bond donors (Lipinski definition) is 2. The number of carbonyl (C=O) groups excluding carboxylic acids is 2. The predicted molar refractivity (Wildman–Crippen MR) is 103 cm³/mol. The molecule has 2 aromatic rings. The summed E-state index contributed by atoms with van der Waals surface area (Å²) in [4.78, 5) is 26.4. The van der Waals surface area contributed by atoms with Gasteiger partial charge in [0.1, 0.15) is 6.26 Å². The Balaban J connectivity index is 1.39. The van der Waals surface area contributed by atoms with Gasteiger partial charge in [-0.25, -0.2) is 0 Å². The Kier molecular flexibility index (Phi) is 7.04. The van der Waals surface area contributed by atoms with Crippen LogP contribution in [0.25, 0.3) is 0 Å². The van der Waals surface area contributed by atoms with E-state index in [1.54, 1.807) is 6.07 Å². The molecule has 144 valence electrons. The second-order valence-corrected chi connectivity index (χ2v) is 6.93. The SMILES string of the molecule is O=C(CCNC(=O)c1ccoc1)NC[C@@H]1CCCCN1Cc1ccccc1. The lowest BCUT2D eigenvalue weighted by molar-refractivity contribution is -0.121. The Morgan fingerprint density at radius 2 is 1.96 bits per heavy atom. The van der Waals surface area contributed by atoms with Crippen LogP contribution < -0.4 is 10.6 Å². The van der Waals surface area contributed by atoms with Crippen molar-refractivity contribution >= 4 is 11.8 Å². The molecule has 0 aliphatic carbocycles. The molecule has 6 heteroatoms. The second kappa shape index (κ2) is 9.92. The molecular weight excluding hydrogens is 342 g/mol. The minimum atomic E-state index is -0.224. The van der Waals surface area contributed by atoms with Gasteiger partial charge in [-0.2, -0.15) is 0 Å². The van der Waals surface area contributed by atoms with Crippen molar-refractivity contribution in [2.75, 3.05) is 19.6 Å². The van der Waals surface area contributed by atoms with E-state index in [1.165, 1.54) is 30.9 Å². The summed E-state index contributed by atoms with van der Waals surface area (Å²) in [6, 6.07) is 12.4. The predicted octanol–water partition coefficient (Wildman–Crippen LogP) is 2.57. The molecule has 6 nitrogen and oxygen atoms in total. The molecule has 0 saturated carbocycles. The number of hydrogen-bond acceptors (Lipinski definition) is 4. The van der Waals surface area contributed by atoms with Gasteiger partial charge < -0.3 is 15.1 Å². The zero-order chi connectivity index (χ0) is 18.9. The molecule has 3 rings (SSSR count). The number of likely N-dealkylation sites (tertiary alicyclic amines) is 1. The van der Waals surface area contributed by atoms with Gasteiger partial charge >= 0.3 is 0 Å². The molecular formula is C21H27N3O3. The molecule has 1 saturated heterocycles. The van der Waals surface area contributed by atoms with Crippen LogP contribution in [0.15, 0.2) is 53.3 Å². The molecule has 1 aliphatic rings. The van der Waals surface area contributed by atoms with Crippen molar-refractivity contribution in [1.29, 1.82) is 0 Å². The first kappa shape index (κ1) is 19.2. The smallest absolute Gasteiger partial charge is 0.254 e. The first-order valence-corrected chi connectivity index (χ1v) is 9.57. The Morgan fingerprint density at radius 3 is 2.74 bits per heavy atom. The molecule has 1 fully saturated rings. The van der Waals surface area contributed by atoms with Crippen molar-refractivity contribution in [3.8, 4) is 0 Å². The lowest BCUT2D eigenvalue weighted by Crippen LogP contribution is -2.46. The Labute approximate surface area is 159 Å². The number of rotatable bonds is 8. The summed E-state index contributed by atoms with van der Waals surface area (Å²) in [5.74, 6) is -0.259. The highest BCUT2D eigenvalue weighted by Gasteiger charge is 2.22. The van der Waals surface area contributed by atoms with E-state index in [0.717, 1.165) is 19.5 Å². The highest BCUT2D eigenvalue weighted by molar-refractivity contribution is 5.94. The van der Waals surface area contributed by atoms with Gasteiger partial charge in [0, 0.05) is 32.1 Å². The topological polar surface area (TPSA) is 74.6 Å². The average Bonchev–Trinajstić information content (AvgIpc) is 3.23. The summed E-state index contributed by atoms with van der Waals surface area (Å²) in [6.45, 7) is 2.95. The van der Waals surface area contributed by atoms with Gasteiger partial charge in [0.2, 0.25) is 5.91 Å². The van der Waals surface area contributed by atoms with Crippen molar-refractivity contribution in [1.82, 2.24) is 15.5 Å². The van der Waals surface area contributed by atoms with Crippen LogP contribution >= 0.6 is 0 Å². The zero-order valence-electron chi connectivity index (χ0n) is 15.5. The van der Waals surface area contributed by atoms with Crippen LogP contribution in [-0.4, -0.2) is 42.4 Å². The standard InChI is InChI=1S/C21H27N3O3/c25-20(9-11-22-21(26)18-10-13-27-16-18)23-14-19-8-4-5-12-24(19)15-17-6-2-1-3-7-17/h1-3,6-7,10,13,16,19H,4-5,8-9,11-12,14-15H2,(H,22,26)(H,23,25)/t19-/m0/s1. The summed E-state index contributed by atoms with van der Waals surface area (Å²) in [5.41, 5.74) is 1.77. The molecule has 0 bridgehead atoms. The largest absolute Gasteiger partial charge is 0.472 e. The van der Waals surface area contributed by atoms with E-state index in [4.69, 9.17) is 4.42 Å². The Morgan fingerprint density at radius 1 is 1.11 bits per heavy atom. The van der Waals surface area contributed by atoms with Gasteiger partial charge in [0.25, 0.3) is 5.91 Å². The summed E-state index contributed by atoms with van der Waals surface area (Å²) >= 11 is 0. The number of amides is 2. The van der Waals surface area contributed by atoms with Gasteiger partial charge in [-0.1, -0.05) is 36.8 Å². The number of benzene rings is 1. The van der Waals surface area contributed by atoms with Gasteiger partial charge in [0.15, 0.2) is 0 Å². The van der Waals surface area contributed by atoms with Crippen molar-refractivity contribution in [2.45, 2.75) is 38.3 Å². The third-order valence-electron chi connectivity index (χ3n) is 4.93. The Hall–Kier alpha value is -2.60. The monoisotopic (exact) mass is 369 g/mol. The fourth-order valence-electron chi connectivity index (χ4n) is 3.42. The van der Waals surface area contributed by atoms with E-state index in [1.807, 2.05) is 6.07 Å². The number of carbonyl (C=O) groups is 2. The molecule has 0 unspecified atom stereocenters. The molecule has 1 aromatic heterocycles. The highest BCUT2D eigenvalue weighted by atomic mass is 16.3. The first-order chi connectivity index (χ1) is 13.2. The van der Waals surface area contributed by atoms with Gasteiger partial charge in [-0.05, 0) is 31.0 Å². The fraction of sp³-hybridized carbons (Fsp3) is 0.429. The maximum atomic E-state index is 12.1. The Bertz CT molecular complexity index is 716. The van der Waals surface area contributed by atoms with Crippen LogP contribution in [0.5, 0.6) is 0 Å². The van der Waals surface area contributed by atoms with Crippen LogP contribution in [0.2, 0.25) is 0 Å². The molecule has 2 amide bonds. The minimum Gasteiger partial charge on any atom is -0.472 e. The van der Waals surface area contributed by atoms with Gasteiger partial charge in [-0.15, -0.1) is 0 Å². The molecule has 27 heavy (non-hydrogen) atoms. The molecule has 0 radical (unpaired) electrons. The van der Waals surface area contributed by atoms with E-state index in [2.05, 4.69) is 39.8 Å². The van der Waals surface area contributed by atoms with Gasteiger partial charge in [-0.3, -0.25) is 14.5 Å². The maximum absolute atomic E-state index is 12.1. The molecule has 1 aliphatic heterocycles. The molecule has 2 heterocycles. The summed E-state index contributed by atoms with van der Waals surface area (Å²) in [7, 11) is 0. The molecule has 2 N–H and O–H groups in total. The van der Waals surface area contributed by atoms with Crippen LogP contribution in [0.1, 0.15) is 41.6 Å². The average molecular weight is 369 g/mol. The van der Waals surface area contributed by atoms with Crippen LogP contribution in [0.3, 0.4) is 0 Å². The molecule has 1 aromatic carbocycles. The van der Waals surface area contributed by atoms with Crippen LogP contribution in [-0.2, 0) is 11.3 Å². The van der Waals surface area contributed by atoms with E-state index >= 15 is 0 Å². The minimum absolute atomic E-state index is 0.0345. The maximum Gasteiger partial charge on any atom is 0.254 e. The van der Waals surface area contributed by atoms with Crippen LogP contribution in [0.4, 0.5) is 0 Å². The van der Waals surface area contributed by atoms with Crippen LogP contribution in [0, 0.1) is 0 Å². The summed E-state index contributed by atoms with van der Waals surface area (Å²) in [6.07, 6.45) is 6.62. The lowest BCUT2D eigenvalue weighted by atomic mass is 10.0. The number of furan rings is 1. The summed E-state index contributed by atoms with van der Waals surface area (Å²) < 4.78 is 4.88. The molecule has 0 spiro atoms.